The Morgan fingerprint density at radius 2 is 1.92 bits per heavy atom. The average molecular weight is 513 g/mol. The van der Waals surface area contributed by atoms with E-state index in [9.17, 15) is 0 Å². The molecule has 37 heavy (non-hydrogen) atoms. The highest BCUT2D eigenvalue weighted by Crippen LogP contribution is 2.38. The minimum Gasteiger partial charge on any atom is -0.360 e. The van der Waals surface area contributed by atoms with Crippen molar-refractivity contribution in [1.82, 2.24) is 20.1 Å². The van der Waals surface area contributed by atoms with Crippen LogP contribution >= 0.6 is 11.6 Å². The van der Waals surface area contributed by atoms with E-state index in [4.69, 9.17) is 21.7 Å². The highest BCUT2D eigenvalue weighted by Gasteiger charge is 2.24. The number of hydrogen-bond acceptors (Lipinski definition) is 4. The molecular formula is C30H33ClN6. The Bertz CT molecular complexity index is 1540. The number of halogens is 1. The second-order valence-electron chi connectivity index (χ2n) is 9.40. The molecule has 5 rings (SSSR count). The zero-order chi connectivity index (χ0) is 25.9. The lowest BCUT2D eigenvalue weighted by Gasteiger charge is -2.16. The van der Waals surface area contributed by atoms with Crippen molar-refractivity contribution in [1.29, 1.82) is 0 Å². The molecule has 2 aromatic carbocycles. The highest BCUT2D eigenvalue weighted by atomic mass is 35.5. The molecule has 0 amide bonds. The van der Waals surface area contributed by atoms with Gasteiger partial charge in [0.25, 0.3) is 0 Å². The van der Waals surface area contributed by atoms with Crippen LogP contribution in [-0.2, 0) is 19.4 Å². The summed E-state index contributed by atoms with van der Waals surface area (Å²) in [6, 6.07) is 12.7. The molecule has 0 aliphatic carbocycles. The molecule has 0 atom stereocenters. The van der Waals surface area contributed by atoms with Crippen LogP contribution in [0.15, 0.2) is 64.4 Å². The first-order valence-electron chi connectivity index (χ1n) is 12.9. The van der Waals surface area contributed by atoms with E-state index in [2.05, 4.69) is 77.2 Å². The molecule has 3 heterocycles. The second kappa shape index (κ2) is 10.8. The fourth-order valence-electron chi connectivity index (χ4n) is 5.05. The van der Waals surface area contributed by atoms with Crippen molar-refractivity contribution in [2.75, 3.05) is 6.54 Å². The lowest BCUT2D eigenvalue weighted by molar-refractivity contribution is 0.810. The molecular weight excluding hydrogens is 480 g/mol. The van der Waals surface area contributed by atoms with E-state index in [-0.39, 0.29) is 0 Å². The Hall–Kier alpha value is -3.64. The standard InChI is InChI=1S/C30H33ClN6/c1-5-21-9-7-8-19(3)29(21)37-30(24-10-11-26(31)28-23(24)12-15-33-28)25-17-34-22(6-2)16-20(4)35-18-32-14-13-27(25)36-37/h7-12,15-16,18,33H,5-6,13-14,17H2,1-4H3,(H,32,35). The first-order chi connectivity index (χ1) is 18.0. The predicted molar refractivity (Wildman–Crippen MR) is 155 cm³/mol. The maximum atomic E-state index is 6.57. The molecule has 0 fully saturated rings. The third-order valence-corrected chi connectivity index (χ3v) is 7.27. The summed E-state index contributed by atoms with van der Waals surface area (Å²) in [5, 5.41) is 10.3. The number of H-pyrrole nitrogens is 1. The number of rotatable bonds is 4. The van der Waals surface area contributed by atoms with Crippen molar-refractivity contribution < 1.29 is 0 Å². The average Bonchev–Trinajstić information content (AvgIpc) is 3.52. The first-order valence-corrected chi connectivity index (χ1v) is 13.3. The van der Waals surface area contributed by atoms with E-state index in [1.54, 1.807) is 6.34 Å². The van der Waals surface area contributed by atoms with Gasteiger partial charge >= 0.3 is 0 Å². The Morgan fingerprint density at radius 3 is 2.73 bits per heavy atom. The number of nitrogens with one attached hydrogen (secondary N) is 2. The van der Waals surface area contributed by atoms with Gasteiger partial charge < -0.3 is 10.3 Å². The van der Waals surface area contributed by atoms with Gasteiger partial charge in [-0.15, -0.1) is 0 Å². The van der Waals surface area contributed by atoms with E-state index < -0.39 is 0 Å². The quantitative estimate of drug-likeness (QED) is 0.310. The summed E-state index contributed by atoms with van der Waals surface area (Å²) in [7, 11) is 0. The fraction of sp³-hybridized carbons (Fsp3) is 0.300. The monoisotopic (exact) mass is 512 g/mol. The minimum absolute atomic E-state index is 0.545. The molecule has 4 aromatic rings. The van der Waals surface area contributed by atoms with E-state index in [0.717, 1.165) is 69.8 Å². The molecule has 7 heteroatoms. The van der Waals surface area contributed by atoms with Gasteiger partial charge in [0, 0.05) is 47.1 Å². The van der Waals surface area contributed by atoms with Crippen LogP contribution in [0.5, 0.6) is 0 Å². The maximum Gasteiger partial charge on any atom is 0.0865 e. The third-order valence-electron chi connectivity index (χ3n) is 6.96. The topological polar surface area (TPSA) is 70.4 Å². The number of para-hydroxylation sites is 1. The largest absolute Gasteiger partial charge is 0.360 e. The van der Waals surface area contributed by atoms with Crippen molar-refractivity contribution in [3.63, 3.8) is 0 Å². The van der Waals surface area contributed by atoms with Crippen LogP contribution in [0.25, 0.3) is 27.8 Å². The number of aliphatic imine (C=N–C) groups is 2. The number of hydrogen-bond donors (Lipinski definition) is 2. The highest BCUT2D eigenvalue weighted by molar-refractivity contribution is 6.35. The normalized spacial score (nSPS) is 14.4. The number of benzene rings is 2. The molecule has 0 unspecified atom stereocenters. The van der Waals surface area contributed by atoms with Gasteiger partial charge in [-0.05, 0) is 56.0 Å². The summed E-state index contributed by atoms with van der Waals surface area (Å²) in [5.74, 6) is 0. The lowest BCUT2D eigenvalue weighted by atomic mass is 9.99. The van der Waals surface area contributed by atoms with E-state index in [0.29, 0.717) is 18.1 Å². The molecule has 1 aliphatic rings. The summed E-state index contributed by atoms with van der Waals surface area (Å²) in [4.78, 5) is 13.0. The van der Waals surface area contributed by atoms with Gasteiger partial charge in [-0.25, -0.2) is 4.68 Å². The van der Waals surface area contributed by atoms with Crippen molar-refractivity contribution in [2.45, 2.75) is 53.5 Å². The molecule has 2 N–H and O–H groups in total. The van der Waals surface area contributed by atoms with Gasteiger partial charge in [-0.2, -0.15) is 5.10 Å². The predicted octanol–water partition coefficient (Wildman–Crippen LogP) is 6.97. The van der Waals surface area contributed by atoms with Crippen LogP contribution in [-0.4, -0.2) is 33.4 Å². The van der Waals surface area contributed by atoms with Gasteiger partial charge in [0.1, 0.15) is 0 Å². The van der Waals surface area contributed by atoms with Crippen molar-refractivity contribution in [3.8, 4) is 16.9 Å². The maximum absolute atomic E-state index is 6.57. The zero-order valence-electron chi connectivity index (χ0n) is 21.9. The summed E-state index contributed by atoms with van der Waals surface area (Å²) in [6.45, 7) is 9.72. The molecule has 0 saturated heterocycles. The Balaban J connectivity index is 1.83. The van der Waals surface area contributed by atoms with Crippen LogP contribution in [0, 0.1) is 6.92 Å². The van der Waals surface area contributed by atoms with E-state index in [1.807, 2.05) is 19.2 Å². The number of nitrogens with zero attached hydrogens (tertiary/aromatic N) is 4. The number of allylic oxidation sites excluding steroid dienone is 2. The number of aromatic amines is 1. The zero-order valence-corrected chi connectivity index (χ0v) is 22.7. The SMILES string of the molecule is CCC1=NCc2c(nn(-c3c(C)cccc3CC)c2-c2ccc(Cl)c3[nH]ccc23)CCN=CNC(C)=C1. The van der Waals surface area contributed by atoms with Crippen LogP contribution in [0.4, 0.5) is 0 Å². The van der Waals surface area contributed by atoms with Crippen molar-refractivity contribution in [3.05, 3.63) is 81.8 Å². The molecule has 6 nitrogen and oxygen atoms in total. The summed E-state index contributed by atoms with van der Waals surface area (Å²) in [5.41, 5.74) is 10.9. The van der Waals surface area contributed by atoms with Crippen molar-refractivity contribution >= 4 is 34.6 Å². The molecule has 2 aromatic heterocycles. The van der Waals surface area contributed by atoms with Gasteiger partial charge in [0.15, 0.2) is 0 Å². The Labute approximate surface area is 223 Å². The molecule has 0 radical (unpaired) electrons. The Kier molecular flexibility index (Phi) is 7.28. The van der Waals surface area contributed by atoms with Crippen LogP contribution in [0.3, 0.4) is 0 Å². The fourth-order valence-corrected chi connectivity index (χ4v) is 5.27. The van der Waals surface area contributed by atoms with Crippen molar-refractivity contribution in [2.24, 2.45) is 9.98 Å². The van der Waals surface area contributed by atoms with Crippen LogP contribution < -0.4 is 5.32 Å². The van der Waals surface area contributed by atoms with E-state index >= 15 is 0 Å². The lowest BCUT2D eigenvalue weighted by Crippen LogP contribution is -2.11. The van der Waals surface area contributed by atoms with E-state index in [1.165, 1.54) is 11.1 Å². The molecule has 190 valence electrons. The van der Waals surface area contributed by atoms with Gasteiger partial charge in [0.05, 0.1) is 40.5 Å². The molecule has 0 saturated carbocycles. The van der Waals surface area contributed by atoms with Crippen LogP contribution in [0.2, 0.25) is 5.02 Å². The smallest absolute Gasteiger partial charge is 0.0865 e. The second-order valence-corrected chi connectivity index (χ2v) is 9.81. The van der Waals surface area contributed by atoms with Gasteiger partial charge in [0.2, 0.25) is 0 Å². The number of aryl methyl sites for hydroxylation is 2. The summed E-state index contributed by atoms with van der Waals surface area (Å²) < 4.78 is 2.15. The van der Waals surface area contributed by atoms with Gasteiger partial charge in [-0.1, -0.05) is 49.7 Å². The number of fused-ring (bicyclic) bond motifs is 2. The van der Waals surface area contributed by atoms with Crippen LogP contribution in [0.1, 0.15) is 49.6 Å². The molecule has 0 bridgehead atoms. The molecule has 0 spiro atoms. The summed E-state index contributed by atoms with van der Waals surface area (Å²) in [6.07, 6.45) is 8.30. The Morgan fingerprint density at radius 1 is 1.05 bits per heavy atom. The first kappa shape index (κ1) is 25.0. The number of aromatic nitrogens is 3. The third kappa shape index (κ3) is 4.86. The minimum atomic E-state index is 0.545. The summed E-state index contributed by atoms with van der Waals surface area (Å²) >= 11 is 6.57. The van der Waals surface area contributed by atoms with Gasteiger partial charge in [-0.3, -0.25) is 9.98 Å². The molecule has 1 aliphatic heterocycles.